The van der Waals surface area contributed by atoms with Gasteiger partial charge in [0.15, 0.2) is 5.78 Å². The van der Waals surface area contributed by atoms with Crippen LogP contribution in [0, 0.1) is 6.92 Å². The van der Waals surface area contributed by atoms with Crippen LogP contribution in [0.25, 0.3) is 10.9 Å². The Hall–Kier alpha value is -1.81. The number of carbonyl (C=O) groups is 2. The third-order valence-corrected chi connectivity index (χ3v) is 3.51. The van der Waals surface area contributed by atoms with Crippen LogP contribution in [-0.4, -0.2) is 21.4 Å². The Morgan fingerprint density at radius 1 is 1.33 bits per heavy atom. The van der Waals surface area contributed by atoms with E-state index in [1.165, 1.54) is 11.5 Å². The number of nitrogens with zero attached hydrogens (tertiary/aromatic N) is 1. The lowest BCUT2D eigenvalue weighted by Gasteiger charge is -2.03. The lowest BCUT2D eigenvalue weighted by molar-refractivity contribution is 0.0682. The van der Waals surface area contributed by atoms with Gasteiger partial charge in [-0.15, -0.1) is 0 Å². The van der Waals surface area contributed by atoms with Crippen LogP contribution in [0.2, 0.25) is 5.02 Å². The van der Waals surface area contributed by atoms with E-state index in [0.29, 0.717) is 15.9 Å². The van der Waals surface area contributed by atoms with E-state index in [9.17, 15) is 14.7 Å². The Balaban J connectivity index is 3.06. The Morgan fingerprint density at radius 3 is 2.44 bits per heavy atom. The standard InChI is InChI=1S/C13H12ClNO3/c1-6-9(14)5-4-8-10(7(2)16)12(13(17)18)15(3)11(6)8/h4-5H,1-3H3,(H,17,18). The minimum atomic E-state index is -1.12. The minimum absolute atomic E-state index is 0.00265. The largest absolute Gasteiger partial charge is 0.477 e. The van der Waals surface area contributed by atoms with Crippen molar-refractivity contribution in [3.8, 4) is 0 Å². The van der Waals surface area contributed by atoms with Crippen molar-refractivity contribution >= 4 is 34.3 Å². The summed E-state index contributed by atoms with van der Waals surface area (Å²) in [6.45, 7) is 3.17. The van der Waals surface area contributed by atoms with Gasteiger partial charge < -0.3 is 9.67 Å². The van der Waals surface area contributed by atoms with Crippen LogP contribution in [-0.2, 0) is 7.05 Å². The zero-order chi connectivity index (χ0) is 13.6. The van der Waals surface area contributed by atoms with Crippen molar-refractivity contribution in [3.05, 3.63) is 34.0 Å². The fraction of sp³-hybridized carbons (Fsp3) is 0.231. The lowest BCUT2D eigenvalue weighted by Crippen LogP contribution is -2.09. The molecule has 0 amide bonds. The maximum absolute atomic E-state index is 11.7. The topological polar surface area (TPSA) is 59.3 Å². The molecule has 1 aromatic heterocycles. The number of fused-ring (bicyclic) bond motifs is 1. The summed E-state index contributed by atoms with van der Waals surface area (Å²) in [5, 5.41) is 10.4. The molecule has 18 heavy (non-hydrogen) atoms. The maximum Gasteiger partial charge on any atom is 0.353 e. The number of carboxylic acids is 1. The molecule has 0 fully saturated rings. The molecule has 0 aliphatic rings. The second-order valence-corrected chi connectivity index (χ2v) is 4.62. The highest BCUT2D eigenvalue weighted by Crippen LogP contribution is 2.31. The SMILES string of the molecule is CC(=O)c1c(C(=O)O)n(C)c2c(C)c(Cl)ccc12. The van der Waals surface area contributed by atoms with Crippen LogP contribution < -0.4 is 0 Å². The van der Waals surface area contributed by atoms with E-state index in [-0.39, 0.29) is 17.0 Å². The van der Waals surface area contributed by atoms with Gasteiger partial charge in [0, 0.05) is 17.5 Å². The Morgan fingerprint density at radius 2 is 1.94 bits per heavy atom. The molecule has 2 aromatic rings. The fourth-order valence-electron chi connectivity index (χ4n) is 2.32. The number of benzene rings is 1. The fourth-order valence-corrected chi connectivity index (χ4v) is 2.48. The number of halogens is 1. The van der Waals surface area contributed by atoms with Crippen LogP contribution in [0.15, 0.2) is 12.1 Å². The van der Waals surface area contributed by atoms with Crippen molar-refractivity contribution in [2.75, 3.05) is 0 Å². The third-order valence-electron chi connectivity index (χ3n) is 3.10. The summed E-state index contributed by atoms with van der Waals surface area (Å²) in [5.41, 5.74) is 1.69. The molecule has 4 nitrogen and oxygen atoms in total. The Labute approximate surface area is 109 Å². The number of hydrogen-bond acceptors (Lipinski definition) is 2. The van der Waals surface area contributed by atoms with E-state index < -0.39 is 5.97 Å². The van der Waals surface area contributed by atoms with Crippen LogP contribution >= 0.6 is 11.6 Å². The molecular weight excluding hydrogens is 254 g/mol. The third kappa shape index (κ3) is 1.61. The monoisotopic (exact) mass is 265 g/mol. The molecule has 0 bridgehead atoms. The molecule has 1 heterocycles. The molecule has 2 rings (SSSR count). The van der Waals surface area contributed by atoms with E-state index in [0.717, 1.165) is 5.56 Å². The normalized spacial score (nSPS) is 10.9. The number of aryl methyl sites for hydroxylation is 2. The highest BCUT2D eigenvalue weighted by Gasteiger charge is 2.24. The summed E-state index contributed by atoms with van der Waals surface area (Å²) in [6.07, 6.45) is 0. The average Bonchev–Trinajstić information content (AvgIpc) is 2.57. The Kier molecular flexibility index (Phi) is 2.91. The first-order valence-electron chi connectivity index (χ1n) is 5.38. The first-order valence-corrected chi connectivity index (χ1v) is 5.75. The van der Waals surface area contributed by atoms with Crippen LogP contribution in [0.5, 0.6) is 0 Å². The summed E-state index contributed by atoms with van der Waals surface area (Å²) in [6, 6.07) is 3.37. The van der Waals surface area contributed by atoms with Crippen molar-refractivity contribution in [1.29, 1.82) is 0 Å². The predicted octanol–water partition coefficient (Wildman–Crippen LogP) is 3.04. The van der Waals surface area contributed by atoms with Crippen molar-refractivity contribution < 1.29 is 14.7 Å². The molecule has 0 unspecified atom stereocenters. The number of aromatic carboxylic acids is 1. The molecule has 1 aromatic carbocycles. The summed E-state index contributed by atoms with van der Waals surface area (Å²) >= 11 is 6.03. The predicted molar refractivity (Wildman–Crippen MR) is 69.6 cm³/mol. The number of Topliss-reactive ketones (excluding diaryl/α,β-unsaturated/α-hetero) is 1. The Bertz CT molecular complexity index is 685. The van der Waals surface area contributed by atoms with Crippen LogP contribution in [0.4, 0.5) is 0 Å². The molecule has 5 heteroatoms. The summed E-state index contributed by atoms with van der Waals surface area (Å²) in [4.78, 5) is 23.0. The zero-order valence-corrected chi connectivity index (χ0v) is 11.0. The van der Waals surface area contributed by atoms with Gasteiger partial charge in [-0.05, 0) is 25.5 Å². The average molecular weight is 266 g/mol. The summed E-state index contributed by atoms with van der Waals surface area (Å²) < 4.78 is 1.51. The van der Waals surface area contributed by atoms with Gasteiger partial charge in [-0.1, -0.05) is 17.7 Å². The smallest absolute Gasteiger partial charge is 0.353 e. The number of hydrogen-bond donors (Lipinski definition) is 1. The zero-order valence-electron chi connectivity index (χ0n) is 10.2. The molecule has 1 N–H and O–H groups in total. The van der Waals surface area contributed by atoms with Gasteiger partial charge in [0.1, 0.15) is 5.69 Å². The van der Waals surface area contributed by atoms with Gasteiger partial charge in [0.05, 0.1) is 11.1 Å². The molecule has 0 atom stereocenters. The van der Waals surface area contributed by atoms with Gasteiger partial charge in [-0.2, -0.15) is 0 Å². The van der Waals surface area contributed by atoms with Gasteiger partial charge >= 0.3 is 5.97 Å². The molecule has 0 aliphatic heterocycles. The minimum Gasteiger partial charge on any atom is -0.477 e. The van der Waals surface area contributed by atoms with E-state index in [4.69, 9.17) is 11.6 Å². The van der Waals surface area contributed by atoms with E-state index in [1.54, 1.807) is 26.1 Å². The van der Waals surface area contributed by atoms with E-state index >= 15 is 0 Å². The lowest BCUT2D eigenvalue weighted by atomic mass is 10.1. The van der Waals surface area contributed by atoms with Gasteiger partial charge in [0.2, 0.25) is 0 Å². The first-order chi connectivity index (χ1) is 8.36. The summed E-state index contributed by atoms with van der Waals surface area (Å²) in [5.74, 6) is -1.38. The quantitative estimate of drug-likeness (QED) is 0.849. The molecule has 94 valence electrons. The van der Waals surface area contributed by atoms with E-state index in [2.05, 4.69) is 0 Å². The van der Waals surface area contributed by atoms with Crippen LogP contribution in [0.3, 0.4) is 0 Å². The second-order valence-electron chi connectivity index (χ2n) is 4.21. The van der Waals surface area contributed by atoms with Gasteiger partial charge in [-0.3, -0.25) is 4.79 Å². The van der Waals surface area contributed by atoms with Crippen molar-refractivity contribution in [2.45, 2.75) is 13.8 Å². The molecule has 0 saturated carbocycles. The maximum atomic E-state index is 11.7. The van der Waals surface area contributed by atoms with Crippen molar-refractivity contribution in [2.24, 2.45) is 7.05 Å². The number of aromatic nitrogens is 1. The number of carboxylic acid groups (broad SMARTS) is 1. The number of ketones is 1. The highest BCUT2D eigenvalue weighted by atomic mass is 35.5. The molecule has 0 saturated heterocycles. The number of rotatable bonds is 2. The first kappa shape index (κ1) is 12.6. The van der Waals surface area contributed by atoms with Crippen molar-refractivity contribution in [1.82, 2.24) is 4.57 Å². The summed E-state index contributed by atoms with van der Waals surface area (Å²) in [7, 11) is 1.63. The number of carbonyl (C=O) groups excluding carboxylic acids is 1. The molecule has 0 aliphatic carbocycles. The highest BCUT2D eigenvalue weighted by molar-refractivity contribution is 6.32. The molecule has 0 radical (unpaired) electrons. The van der Waals surface area contributed by atoms with Gasteiger partial charge in [-0.25, -0.2) is 4.79 Å². The van der Waals surface area contributed by atoms with Gasteiger partial charge in [0.25, 0.3) is 0 Å². The van der Waals surface area contributed by atoms with Crippen molar-refractivity contribution in [3.63, 3.8) is 0 Å². The molecule has 0 spiro atoms. The molecular formula is C13H12ClNO3. The second kappa shape index (κ2) is 4.14. The van der Waals surface area contributed by atoms with E-state index in [1.807, 2.05) is 0 Å². The van der Waals surface area contributed by atoms with Crippen LogP contribution in [0.1, 0.15) is 33.3 Å².